The maximum Gasteiger partial charge on any atom is 0.0512 e. The molecule has 15 heavy (non-hydrogen) atoms. The van der Waals surface area contributed by atoms with E-state index in [-0.39, 0.29) is 6.04 Å². The molecule has 1 heterocycles. The van der Waals surface area contributed by atoms with Crippen LogP contribution in [0.5, 0.6) is 0 Å². The van der Waals surface area contributed by atoms with Gasteiger partial charge < -0.3 is 10.5 Å². The number of hydrogen-bond donors (Lipinski definition) is 1. The van der Waals surface area contributed by atoms with E-state index in [0.29, 0.717) is 5.92 Å². The van der Waals surface area contributed by atoms with Crippen LogP contribution in [0.15, 0.2) is 11.6 Å². The molecule has 2 rings (SSSR count). The molecule has 0 bridgehead atoms. The summed E-state index contributed by atoms with van der Waals surface area (Å²) in [6, 6.07) is 0.267. The van der Waals surface area contributed by atoms with E-state index in [1.54, 1.807) is 0 Å². The van der Waals surface area contributed by atoms with Crippen LogP contribution in [0, 0.1) is 5.92 Å². The average molecular weight is 209 g/mol. The predicted octanol–water partition coefficient (Wildman–Crippen LogP) is 2.63. The van der Waals surface area contributed by atoms with Crippen molar-refractivity contribution in [3.8, 4) is 0 Å². The maximum atomic E-state index is 6.34. The van der Waals surface area contributed by atoms with Crippen molar-refractivity contribution < 1.29 is 4.74 Å². The van der Waals surface area contributed by atoms with Crippen LogP contribution in [0.2, 0.25) is 0 Å². The molecule has 2 heteroatoms. The maximum absolute atomic E-state index is 6.34. The van der Waals surface area contributed by atoms with E-state index >= 15 is 0 Å². The lowest BCUT2D eigenvalue weighted by atomic mass is 9.87. The number of allylic oxidation sites excluding steroid dienone is 1. The first-order valence-corrected chi connectivity index (χ1v) is 6.40. The van der Waals surface area contributed by atoms with Gasteiger partial charge in [0.2, 0.25) is 0 Å². The Morgan fingerprint density at radius 3 is 3.00 bits per heavy atom. The average Bonchev–Trinajstić information content (AvgIpc) is 2.58. The van der Waals surface area contributed by atoms with Crippen LogP contribution < -0.4 is 5.73 Å². The lowest BCUT2D eigenvalue weighted by Crippen LogP contribution is -2.37. The quantitative estimate of drug-likeness (QED) is 0.710. The van der Waals surface area contributed by atoms with Crippen molar-refractivity contribution in [3.05, 3.63) is 11.6 Å². The number of hydrogen-bond acceptors (Lipinski definition) is 2. The minimum absolute atomic E-state index is 0.267. The zero-order valence-corrected chi connectivity index (χ0v) is 9.58. The van der Waals surface area contributed by atoms with Crippen LogP contribution in [0.1, 0.15) is 44.9 Å². The highest BCUT2D eigenvalue weighted by Gasteiger charge is 2.24. The van der Waals surface area contributed by atoms with E-state index in [2.05, 4.69) is 6.08 Å². The van der Waals surface area contributed by atoms with E-state index in [9.17, 15) is 0 Å². The summed E-state index contributed by atoms with van der Waals surface area (Å²) in [5.74, 6) is 0.572. The molecule has 0 amide bonds. The van der Waals surface area contributed by atoms with Gasteiger partial charge >= 0.3 is 0 Å². The second-order valence-corrected chi connectivity index (χ2v) is 4.88. The molecule has 0 aromatic rings. The van der Waals surface area contributed by atoms with Crippen LogP contribution >= 0.6 is 0 Å². The zero-order valence-electron chi connectivity index (χ0n) is 9.58. The van der Waals surface area contributed by atoms with Gasteiger partial charge in [-0.15, -0.1) is 0 Å². The van der Waals surface area contributed by atoms with Crippen molar-refractivity contribution in [3.63, 3.8) is 0 Å². The summed E-state index contributed by atoms with van der Waals surface area (Å²) in [5.41, 5.74) is 7.85. The lowest BCUT2D eigenvalue weighted by molar-refractivity contribution is 0.0488. The Balaban J connectivity index is 1.92. The van der Waals surface area contributed by atoms with Gasteiger partial charge in [0, 0.05) is 18.6 Å². The molecule has 86 valence electrons. The molecule has 2 nitrogen and oxygen atoms in total. The molecule has 0 spiro atoms. The Labute approximate surface area is 92.9 Å². The summed E-state index contributed by atoms with van der Waals surface area (Å²) in [5, 5.41) is 0. The third-order valence-corrected chi connectivity index (χ3v) is 3.71. The van der Waals surface area contributed by atoms with Crippen molar-refractivity contribution in [1.29, 1.82) is 0 Å². The van der Waals surface area contributed by atoms with Crippen LogP contribution in [-0.2, 0) is 4.74 Å². The smallest absolute Gasteiger partial charge is 0.0512 e. The highest BCUT2D eigenvalue weighted by atomic mass is 16.5. The van der Waals surface area contributed by atoms with E-state index in [1.165, 1.54) is 50.5 Å². The molecular formula is C13H23NO. The van der Waals surface area contributed by atoms with E-state index in [1.807, 2.05) is 0 Å². The van der Waals surface area contributed by atoms with Gasteiger partial charge in [-0.1, -0.05) is 18.1 Å². The molecular weight excluding hydrogens is 186 g/mol. The lowest BCUT2D eigenvalue weighted by Gasteiger charge is -2.29. The van der Waals surface area contributed by atoms with Gasteiger partial charge in [0.25, 0.3) is 0 Å². The summed E-state index contributed by atoms with van der Waals surface area (Å²) in [6.07, 6.45) is 11.3. The first kappa shape index (κ1) is 11.2. The van der Waals surface area contributed by atoms with Crippen molar-refractivity contribution >= 4 is 0 Å². The molecule has 0 aromatic heterocycles. The number of ether oxygens (including phenoxy) is 1. The Morgan fingerprint density at radius 1 is 1.27 bits per heavy atom. The van der Waals surface area contributed by atoms with Gasteiger partial charge in [0.1, 0.15) is 0 Å². The van der Waals surface area contributed by atoms with Gasteiger partial charge in [0.05, 0.1) is 6.61 Å². The molecule has 2 atom stereocenters. The Morgan fingerprint density at radius 2 is 2.20 bits per heavy atom. The molecule has 2 aliphatic rings. The fraction of sp³-hybridized carbons (Fsp3) is 0.846. The van der Waals surface area contributed by atoms with Gasteiger partial charge in [-0.25, -0.2) is 0 Å². The van der Waals surface area contributed by atoms with E-state index < -0.39 is 0 Å². The minimum atomic E-state index is 0.267. The second kappa shape index (κ2) is 5.66. The van der Waals surface area contributed by atoms with E-state index in [0.717, 1.165) is 13.2 Å². The van der Waals surface area contributed by atoms with Crippen molar-refractivity contribution in [2.24, 2.45) is 11.7 Å². The highest BCUT2D eigenvalue weighted by molar-refractivity contribution is 5.13. The van der Waals surface area contributed by atoms with Crippen molar-refractivity contribution in [1.82, 2.24) is 0 Å². The second-order valence-electron chi connectivity index (χ2n) is 4.88. The van der Waals surface area contributed by atoms with Crippen LogP contribution in [-0.4, -0.2) is 19.3 Å². The molecule has 1 aliphatic heterocycles. The Hall–Kier alpha value is -0.340. The molecule has 1 saturated heterocycles. The first-order chi connectivity index (χ1) is 7.38. The molecule has 0 radical (unpaired) electrons. The van der Waals surface area contributed by atoms with E-state index in [4.69, 9.17) is 10.5 Å². The molecule has 2 N–H and O–H groups in total. The fourth-order valence-electron chi connectivity index (χ4n) is 2.69. The monoisotopic (exact) mass is 209 g/mol. The van der Waals surface area contributed by atoms with Crippen LogP contribution in [0.3, 0.4) is 0 Å². The first-order valence-electron chi connectivity index (χ1n) is 6.40. The van der Waals surface area contributed by atoms with Gasteiger partial charge in [-0.05, 0) is 38.5 Å². The Kier molecular flexibility index (Phi) is 4.21. The zero-order chi connectivity index (χ0) is 10.5. The van der Waals surface area contributed by atoms with Crippen molar-refractivity contribution in [2.75, 3.05) is 13.2 Å². The topological polar surface area (TPSA) is 35.2 Å². The van der Waals surface area contributed by atoms with Crippen LogP contribution in [0.4, 0.5) is 0 Å². The van der Waals surface area contributed by atoms with Gasteiger partial charge in [0.15, 0.2) is 0 Å². The SMILES string of the molecule is NC(C1=CCCCCC1)C1CCCOC1. The predicted molar refractivity (Wildman–Crippen MR) is 62.7 cm³/mol. The summed E-state index contributed by atoms with van der Waals surface area (Å²) >= 11 is 0. The Bertz CT molecular complexity index is 219. The summed E-state index contributed by atoms with van der Waals surface area (Å²) < 4.78 is 5.52. The van der Waals surface area contributed by atoms with Crippen molar-refractivity contribution in [2.45, 2.75) is 51.0 Å². The third kappa shape index (κ3) is 3.05. The third-order valence-electron chi connectivity index (χ3n) is 3.71. The fourth-order valence-corrected chi connectivity index (χ4v) is 2.69. The molecule has 0 aromatic carbocycles. The molecule has 1 aliphatic carbocycles. The number of nitrogens with two attached hydrogens (primary N) is 1. The minimum Gasteiger partial charge on any atom is -0.381 e. The highest BCUT2D eigenvalue weighted by Crippen LogP contribution is 2.26. The summed E-state index contributed by atoms with van der Waals surface area (Å²) in [7, 11) is 0. The number of rotatable bonds is 2. The summed E-state index contributed by atoms with van der Waals surface area (Å²) in [4.78, 5) is 0. The van der Waals surface area contributed by atoms with Gasteiger partial charge in [-0.2, -0.15) is 0 Å². The normalized spacial score (nSPS) is 30.5. The van der Waals surface area contributed by atoms with Gasteiger partial charge in [-0.3, -0.25) is 0 Å². The molecule has 0 saturated carbocycles. The standard InChI is InChI=1S/C13H23NO/c14-13(12-8-5-9-15-10-12)11-6-3-1-2-4-7-11/h6,12-13H,1-5,7-10,14H2. The largest absolute Gasteiger partial charge is 0.381 e. The molecule has 2 unspecified atom stereocenters. The molecule has 1 fully saturated rings. The van der Waals surface area contributed by atoms with Crippen LogP contribution in [0.25, 0.3) is 0 Å². The summed E-state index contributed by atoms with van der Waals surface area (Å²) in [6.45, 7) is 1.81.